The molecule has 1 amide bonds. The van der Waals surface area contributed by atoms with Crippen molar-refractivity contribution in [3.63, 3.8) is 0 Å². The van der Waals surface area contributed by atoms with Gasteiger partial charge in [0.25, 0.3) is 0 Å². The van der Waals surface area contributed by atoms with Crippen molar-refractivity contribution in [3.8, 4) is 0 Å². The van der Waals surface area contributed by atoms with E-state index in [9.17, 15) is 13.2 Å². The van der Waals surface area contributed by atoms with Gasteiger partial charge in [-0.2, -0.15) is 0 Å². The standard InChI is InChI=1S/C20H27NO4S/c22-19(10-20-7-14-4-15(8-20)6-16(5-14)9-20)21-11-18(12-21)26(23,24)13-17-2-1-3-25-17/h1-3,14-16,18H,4-13H2. The number of hydrogen-bond acceptors (Lipinski definition) is 4. The SMILES string of the molecule is O=C(CC12CC3CC(CC(C3)C1)C2)N1CC(S(=O)(=O)Cc2ccco2)C1. The summed E-state index contributed by atoms with van der Waals surface area (Å²) < 4.78 is 30.1. The van der Waals surface area contributed by atoms with Gasteiger partial charge in [0, 0.05) is 19.5 Å². The summed E-state index contributed by atoms with van der Waals surface area (Å²) in [6, 6.07) is 3.39. The molecule has 0 spiro atoms. The molecule has 142 valence electrons. The van der Waals surface area contributed by atoms with E-state index in [1.165, 1.54) is 44.8 Å². The van der Waals surface area contributed by atoms with Crippen LogP contribution in [0.4, 0.5) is 0 Å². The molecule has 5 aliphatic rings. The first-order chi connectivity index (χ1) is 12.4. The highest BCUT2D eigenvalue weighted by Crippen LogP contribution is 2.61. The lowest BCUT2D eigenvalue weighted by Crippen LogP contribution is -2.58. The van der Waals surface area contributed by atoms with Crippen molar-refractivity contribution in [2.24, 2.45) is 23.2 Å². The van der Waals surface area contributed by atoms with Crippen LogP contribution < -0.4 is 0 Å². The van der Waals surface area contributed by atoms with E-state index >= 15 is 0 Å². The van der Waals surface area contributed by atoms with E-state index < -0.39 is 15.1 Å². The average Bonchev–Trinajstić information content (AvgIpc) is 2.94. The van der Waals surface area contributed by atoms with Crippen LogP contribution in [0.25, 0.3) is 0 Å². The first-order valence-corrected chi connectivity index (χ1v) is 11.6. The molecule has 4 aliphatic carbocycles. The fourth-order valence-corrected chi connectivity index (χ4v) is 8.13. The van der Waals surface area contributed by atoms with Gasteiger partial charge in [-0.25, -0.2) is 8.42 Å². The third-order valence-corrected chi connectivity index (χ3v) is 9.32. The van der Waals surface area contributed by atoms with Crippen LogP contribution >= 0.6 is 0 Å². The molecule has 0 atom stereocenters. The minimum Gasteiger partial charge on any atom is -0.468 e. The molecule has 2 heterocycles. The topological polar surface area (TPSA) is 67.6 Å². The molecule has 1 aromatic rings. The molecule has 4 saturated carbocycles. The zero-order chi connectivity index (χ0) is 17.9. The van der Waals surface area contributed by atoms with Crippen LogP contribution in [0.3, 0.4) is 0 Å². The Morgan fingerprint density at radius 1 is 1.12 bits per heavy atom. The highest BCUT2D eigenvalue weighted by Gasteiger charge is 2.52. The molecule has 1 aromatic heterocycles. The van der Waals surface area contributed by atoms with Crippen molar-refractivity contribution in [2.75, 3.05) is 13.1 Å². The van der Waals surface area contributed by atoms with Crippen LogP contribution in [0.15, 0.2) is 22.8 Å². The summed E-state index contributed by atoms with van der Waals surface area (Å²) in [5.41, 5.74) is 0.226. The number of carbonyl (C=O) groups is 1. The summed E-state index contributed by atoms with van der Waals surface area (Å²) in [5.74, 6) is 3.10. The van der Waals surface area contributed by atoms with Crippen LogP contribution in [-0.2, 0) is 20.4 Å². The van der Waals surface area contributed by atoms with Gasteiger partial charge in [0.05, 0.1) is 11.5 Å². The Labute approximate surface area is 155 Å². The molecule has 0 radical (unpaired) electrons. The first kappa shape index (κ1) is 16.8. The molecule has 4 bridgehead atoms. The second kappa shape index (κ2) is 5.85. The van der Waals surface area contributed by atoms with E-state index in [4.69, 9.17) is 4.42 Å². The van der Waals surface area contributed by atoms with Crippen LogP contribution in [0.2, 0.25) is 0 Å². The molecule has 0 unspecified atom stereocenters. The second-order valence-electron chi connectivity index (χ2n) is 9.40. The summed E-state index contributed by atoms with van der Waals surface area (Å²) in [7, 11) is -3.25. The van der Waals surface area contributed by atoms with Gasteiger partial charge in [-0.1, -0.05) is 0 Å². The quantitative estimate of drug-likeness (QED) is 0.791. The zero-order valence-corrected chi connectivity index (χ0v) is 15.9. The van der Waals surface area contributed by atoms with Gasteiger partial charge < -0.3 is 9.32 Å². The summed E-state index contributed by atoms with van der Waals surface area (Å²) in [5, 5.41) is -0.437. The highest BCUT2D eigenvalue weighted by molar-refractivity contribution is 7.91. The summed E-state index contributed by atoms with van der Waals surface area (Å²) in [6.07, 6.45) is 9.93. The lowest BCUT2D eigenvalue weighted by atomic mass is 9.49. The lowest BCUT2D eigenvalue weighted by molar-refractivity contribution is -0.142. The van der Waals surface area contributed by atoms with Gasteiger partial charge in [-0.15, -0.1) is 0 Å². The summed E-state index contributed by atoms with van der Waals surface area (Å²) in [6.45, 7) is 0.711. The Hall–Kier alpha value is -1.30. The van der Waals surface area contributed by atoms with Gasteiger partial charge in [-0.05, 0) is 73.8 Å². The van der Waals surface area contributed by atoms with E-state index in [2.05, 4.69) is 0 Å². The highest BCUT2D eigenvalue weighted by atomic mass is 32.2. The fraction of sp³-hybridized carbons (Fsp3) is 0.750. The molecule has 1 aliphatic heterocycles. The largest absolute Gasteiger partial charge is 0.468 e. The monoisotopic (exact) mass is 377 g/mol. The van der Waals surface area contributed by atoms with Crippen LogP contribution in [0, 0.1) is 23.2 Å². The Morgan fingerprint density at radius 3 is 2.27 bits per heavy atom. The number of rotatable bonds is 5. The third kappa shape index (κ3) is 2.90. The van der Waals surface area contributed by atoms with Crippen LogP contribution in [0.5, 0.6) is 0 Å². The molecular formula is C20H27NO4S. The molecule has 0 aromatic carbocycles. The lowest BCUT2D eigenvalue weighted by Gasteiger charge is -2.57. The van der Waals surface area contributed by atoms with Crippen molar-refractivity contribution in [2.45, 2.75) is 55.9 Å². The molecule has 0 N–H and O–H groups in total. The van der Waals surface area contributed by atoms with Crippen molar-refractivity contribution in [1.82, 2.24) is 4.90 Å². The normalized spacial score (nSPS) is 36.3. The molecule has 6 heteroatoms. The minimum absolute atomic E-state index is 0.0678. The van der Waals surface area contributed by atoms with Crippen LogP contribution in [-0.4, -0.2) is 37.6 Å². The van der Waals surface area contributed by atoms with Crippen LogP contribution in [0.1, 0.15) is 50.7 Å². The molecule has 5 nitrogen and oxygen atoms in total. The van der Waals surface area contributed by atoms with Gasteiger partial charge in [-0.3, -0.25) is 4.79 Å². The number of amides is 1. The predicted octanol–water partition coefficient (Wildman–Crippen LogP) is 3.01. The van der Waals surface area contributed by atoms with E-state index in [1.807, 2.05) is 0 Å². The Morgan fingerprint density at radius 2 is 1.73 bits per heavy atom. The molecular weight excluding hydrogens is 350 g/mol. The molecule has 5 fully saturated rings. The second-order valence-corrected chi connectivity index (χ2v) is 11.7. The van der Waals surface area contributed by atoms with Gasteiger partial charge in [0.1, 0.15) is 11.5 Å². The summed E-state index contributed by atoms with van der Waals surface area (Å²) in [4.78, 5) is 14.6. The van der Waals surface area contributed by atoms with Gasteiger partial charge >= 0.3 is 0 Å². The first-order valence-electron chi connectivity index (χ1n) is 9.93. The number of likely N-dealkylation sites (tertiary alicyclic amines) is 1. The maximum absolute atomic E-state index is 12.8. The predicted molar refractivity (Wildman–Crippen MR) is 96.9 cm³/mol. The Balaban J connectivity index is 1.18. The third-order valence-electron chi connectivity index (χ3n) is 7.32. The Kier molecular flexibility index (Phi) is 3.79. The number of hydrogen-bond donors (Lipinski definition) is 0. The summed E-state index contributed by atoms with van der Waals surface area (Å²) >= 11 is 0. The maximum Gasteiger partial charge on any atom is 0.223 e. The van der Waals surface area contributed by atoms with Crippen molar-refractivity contribution >= 4 is 15.7 Å². The number of furan rings is 1. The van der Waals surface area contributed by atoms with Crippen molar-refractivity contribution in [1.29, 1.82) is 0 Å². The molecule has 26 heavy (non-hydrogen) atoms. The fourth-order valence-electron chi connectivity index (χ4n) is 6.52. The molecule has 6 rings (SSSR count). The van der Waals surface area contributed by atoms with E-state index in [1.54, 1.807) is 17.0 Å². The van der Waals surface area contributed by atoms with Gasteiger partial charge in [0.15, 0.2) is 9.84 Å². The van der Waals surface area contributed by atoms with Crippen molar-refractivity contribution in [3.05, 3.63) is 24.2 Å². The Bertz CT molecular complexity index is 757. The van der Waals surface area contributed by atoms with E-state index in [0.717, 1.165) is 17.8 Å². The molecule has 1 saturated heterocycles. The zero-order valence-electron chi connectivity index (χ0n) is 15.1. The minimum atomic E-state index is -3.25. The average molecular weight is 378 g/mol. The van der Waals surface area contributed by atoms with E-state index in [0.29, 0.717) is 25.3 Å². The van der Waals surface area contributed by atoms with Gasteiger partial charge in [0.2, 0.25) is 5.91 Å². The smallest absolute Gasteiger partial charge is 0.223 e. The number of nitrogens with zero attached hydrogens (tertiary/aromatic N) is 1. The van der Waals surface area contributed by atoms with Crippen molar-refractivity contribution < 1.29 is 17.6 Å². The van der Waals surface area contributed by atoms with E-state index in [-0.39, 0.29) is 17.1 Å². The maximum atomic E-state index is 12.8. The number of carbonyl (C=O) groups excluding carboxylic acids is 1. The number of sulfone groups is 1.